The molecule has 2 saturated carbocycles. The lowest BCUT2D eigenvalue weighted by molar-refractivity contribution is -0.136. The number of hydrogen-bond acceptors (Lipinski definition) is 3. The molecule has 2 aliphatic rings. The van der Waals surface area contributed by atoms with Gasteiger partial charge in [0.1, 0.15) is 0 Å². The molecular formula is C15H28N2O2. The first-order valence-electron chi connectivity index (χ1n) is 7.74. The normalized spacial score (nSPS) is 34.7. The summed E-state index contributed by atoms with van der Waals surface area (Å²) < 4.78 is 5.54. The Kier molecular flexibility index (Phi) is 5.22. The summed E-state index contributed by atoms with van der Waals surface area (Å²) in [4.78, 5) is 14.2. The zero-order valence-electron chi connectivity index (χ0n) is 12.3. The van der Waals surface area contributed by atoms with Gasteiger partial charge in [-0.3, -0.25) is 4.79 Å². The van der Waals surface area contributed by atoms with Gasteiger partial charge in [-0.25, -0.2) is 0 Å². The number of ether oxygens (including phenoxy) is 1. The average molecular weight is 268 g/mol. The van der Waals surface area contributed by atoms with Gasteiger partial charge in [0.2, 0.25) is 5.91 Å². The van der Waals surface area contributed by atoms with Gasteiger partial charge in [-0.2, -0.15) is 0 Å². The Morgan fingerprint density at radius 3 is 2.63 bits per heavy atom. The zero-order chi connectivity index (χ0) is 13.8. The molecule has 0 aliphatic heterocycles. The summed E-state index contributed by atoms with van der Waals surface area (Å²) in [5.41, 5.74) is 6.14. The molecular weight excluding hydrogens is 240 g/mol. The van der Waals surface area contributed by atoms with Crippen LogP contribution in [0, 0.1) is 5.92 Å². The monoisotopic (exact) mass is 268 g/mol. The maximum Gasteiger partial charge on any atom is 0.222 e. The Morgan fingerprint density at radius 1 is 1.32 bits per heavy atom. The third-order valence-electron chi connectivity index (χ3n) is 4.73. The van der Waals surface area contributed by atoms with E-state index in [0.29, 0.717) is 18.4 Å². The highest BCUT2D eigenvalue weighted by molar-refractivity contribution is 5.76. The number of nitrogens with zero attached hydrogens (tertiary/aromatic N) is 1. The fraction of sp³-hybridized carbons (Fsp3) is 0.933. The third kappa shape index (κ3) is 3.69. The maximum absolute atomic E-state index is 12.3. The van der Waals surface area contributed by atoms with E-state index in [2.05, 4.69) is 0 Å². The minimum atomic E-state index is 0.167. The van der Waals surface area contributed by atoms with E-state index in [9.17, 15) is 4.79 Å². The lowest BCUT2D eigenvalue weighted by atomic mass is 9.79. The summed E-state index contributed by atoms with van der Waals surface area (Å²) in [6, 6.07) is 0.421. The number of nitrogens with two attached hydrogens (primary N) is 1. The number of amides is 1. The molecule has 2 rings (SSSR count). The van der Waals surface area contributed by atoms with Crippen LogP contribution < -0.4 is 5.73 Å². The highest BCUT2D eigenvalue weighted by atomic mass is 16.5. The van der Waals surface area contributed by atoms with Gasteiger partial charge in [0.25, 0.3) is 0 Å². The van der Waals surface area contributed by atoms with Crippen molar-refractivity contribution in [2.45, 2.75) is 70.1 Å². The Morgan fingerprint density at radius 2 is 2.00 bits per heavy atom. The lowest BCUT2D eigenvalue weighted by Gasteiger charge is -2.39. The Bertz CT molecular complexity index is 303. The summed E-state index contributed by atoms with van der Waals surface area (Å²) >= 11 is 0. The molecule has 0 spiro atoms. The first-order chi connectivity index (χ1) is 9.11. The summed E-state index contributed by atoms with van der Waals surface area (Å²) in [5, 5.41) is 0. The van der Waals surface area contributed by atoms with Crippen molar-refractivity contribution in [3.63, 3.8) is 0 Å². The first-order valence-corrected chi connectivity index (χ1v) is 7.74. The van der Waals surface area contributed by atoms with Crippen molar-refractivity contribution in [1.82, 2.24) is 4.90 Å². The van der Waals surface area contributed by atoms with E-state index in [1.165, 1.54) is 12.8 Å². The summed E-state index contributed by atoms with van der Waals surface area (Å²) in [6.07, 6.45) is 7.68. The van der Waals surface area contributed by atoms with Crippen molar-refractivity contribution >= 4 is 5.91 Å². The van der Waals surface area contributed by atoms with Crippen LogP contribution in [0.3, 0.4) is 0 Å². The second kappa shape index (κ2) is 6.71. The molecule has 4 nitrogen and oxygen atoms in total. The molecule has 0 aromatic heterocycles. The smallest absolute Gasteiger partial charge is 0.222 e. The molecule has 2 aliphatic carbocycles. The predicted octanol–water partition coefficient (Wildman–Crippen LogP) is 1.92. The topological polar surface area (TPSA) is 55.6 Å². The van der Waals surface area contributed by atoms with Crippen LogP contribution in [0.1, 0.15) is 51.9 Å². The number of carbonyl (C=O) groups excluding carboxylic acids is 1. The van der Waals surface area contributed by atoms with Gasteiger partial charge in [-0.1, -0.05) is 12.8 Å². The standard InChI is InChI=1S/C15H28N2O2/c1-3-19-12-8-11(9-12)10-15(18)17(2)14-7-5-4-6-13(14)16/h11-14H,3-10,16H2,1-2H3. The van der Waals surface area contributed by atoms with Crippen LogP contribution in [0.2, 0.25) is 0 Å². The second-order valence-corrected chi connectivity index (χ2v) is 6.14. The fourth-order valence-corrected chi connectivity index (χ4v) is 3.41. The maximum atomic E-state index is 12.3. The number of hydrogen-bond donors (Lipinski definition) is 1. The molecule has 0 heterocycles. The van der Waals surface area contributed by atoms with Gasteiger partial charge in [0.15, 0.2) is 0 Å². The van der Waals surface area contributed by atoms with Crippen molar-refractivity contribution in [3.8, 4) is 0 Å². The van der Waals surface area contributed by atoms with Crippen LogP contribution in [0.15, 0.2) is 0 Å². The highest BCUT2D eigenvalue weighted by Crippen LogP contribution is 2.33. The Labute approximate surface area is 116 Å². The van der Waals surface area contributed by atoms with Crippen LogP contribution in [-0.4, -0.2) is 42.6 Å². The van der Waals surface area contributed by atoms with E-state index in [0.717, 1.165) is 32.3 Å². The molecule has 2 atom stereocenters. The highest BCUT2D eigenvalue weighted by Gasteiger charge is 2.34. The van der Waals surface area contributed by atoms with Gasteiger partial charge < -0.3 is 15.4 Å². The molecule has 19 heavy (non-hydrogen) atoms. The molecule has 1 amide bonds. The Balaban J connectivity index is 1.74. The van der Waals surface area contributed by atoms with Gasteiger partial charge in [-0.15, -0.1) is 0 Å². The van der Waals surface area contributed by atoms with E-state index in [1.54, 1.807) is 0 Å². The van der Waals surface area contributed by atoms with Crippen LogP contribution in [0.25, 0.3) is 0 Å². The van der Waals surface area contributed by atoms with Crippen LogP contribution in [0.4, 0.5) is 0 Å². The fourth-order valence-electron chi connectivity index (χ4n) is 3.41. The lowest BCUT2D eigenvalue weighted by Crippen LogP contribution is -2.50. The molecule has 2 N–H and O–H groups in total. The van der Waals surface area contributed by atoms with Crippen molar-refractivity contribution in [1.29, 1.82) is 0 Å². The van der Waals surface area contributed by atoms with Crippen molar-refractivity contribution < 1.29 is 9.53 Å². The van der Waals surface area contributed by atoms with E-state index in [4.69, 9.17) is 10.5 Å². The zero-order valence-corrected chi connectivity index (χ0v) is 12.3. The molecule has 0 radical (unpaired) electrons. The van der Waals surface area contributed by atoms with Gasteiger partial charge >= 0.3 is 0 Å². The second-order valence-electron chi connectivity index (χ2n) is 6.14. The number of carbonyl (C=O) groups is 1. The van der Waals surface area contributed by atoms with Crippen molar-refractivity contribution in [2.75, 3.05) is 13.7 Å². The third-order valence-corrected chi connectivity index (χ3v) is 4.73. The first kappa shape index (κ1) is 14.8. The van der Waals surface area contributed by atoms with Gasteiger partial charge in [0.05, 0.1) is 6.10 Å². The van der Waals surface area contributed by atoms with E-state index in [-0.39, 0.29) is 18.0 Å². The van der Waals surface area contributed by atoms with Crippen molar-refractivity contribution in [2.24, 2.45) is 11.7 Å². The number of likely N-dealkylation sites (N-methyl/N-ethyl adjacent to an activating group) is 1. The summed E-state index contributed by atoms with van der Waals surface area (Å²) in [7, 11) is 1.93. The molecule has 0 saturated heterocycles. The molecule has 110 valence electrons. The average Bonchev–Trinajstić information content (AvgIpc) is 2.36. The van der Waals surface area contributed by atoms with Crippen molar-refractivity contribution in [3.05, 3.63) is 0 Å². The summed E-state index contributed by atoms with van der Waals surface area (Å²) in [6.45, 7) is 2.80. The molecule has 0 bridgehead atoms. The summed E-state index contributed by atoms with van der Waals surface area (Å²) in [5.74, 6) is 0.786. The SMILES string of the molecule is CCOC1CC(CC(=O)N(C)C2CCCCC2N)C1. The van der Waals surface area contributed by atoms with Crippen LogP contribution >= 0.6 is 0 Å². The molecule has 0 aromatic rings. The minimum Gasteiger partial charge on any atom is -0.378 e. The van der Waals surface area contributed by atoms with Crippen LogP contribution in [0.5, 0.6) is 0 Å². The molecule has 4 heteroatoms. The Hall–Kier alpha value is -0.610. The largest absolute Gasteiger partial charge is 0.378 e. The van der Waals surface area contributed by atoms with E-state index < -0.39 is 0 Å². The van der Waals surface area contributed by atoms with Crippen LogP contribution in [-0.2, 0) is 9.53 Å². The minimum absolute atomic E-state index is 0.167. The van der Waals surface area contributed by atoms with Gasteiger partial charge in [-0.05, 0) is 38.5 Å². The predicted molar refractivity (Wildman–Crippen MR) is 75.8 cm³/mol. The van der Waals surface area contributed by atoms with Gasteiger partial charge in [0, 0.05) is 32.2 Å². The molecule has 2 unspecified atom stereocenters. The quantitative estimate of drug-likeness (QED) is 0.829. The van der Waals surface area contributed by atoms with E-state index in [1.807, 2.05) is 18.9 Å². The number of rotatable bonds is 5. The molecule has 0 aromatic carbocycles. The molecule has 2 fully saturated rings. The van der Waals surface area contributed by atoms with E-state index >= 15 is 0 Å².